The Hall–Kier alpha value is -2.87. The summed E-state index contributed by atoms with van der Waals surface area (Å²) in [5.74, 6) is 1.09. The van der Waals surface area contributed by atoms with Gasteiger partial charge in [-0.15, -0.1) is 11.3 Å². The van der Waals surface area contributed by atoms with Crippen LogP contribution in [-0.2, 0) is 11.3 Å². The molecule has 1 aromatic carbocycles. The molecule has 128 valence electrons. The fourth-order valence-electron chi connectivity index (χ4n) is 2.59. The minimum absolute atomic E-state index is 0.0795. The van der Waals surface area contributed by atoms with Crippen LogP contribution in [0.4, 0.5) is 0 Å². The minimum Gasteiger partial charge on any atom is -0.486 e. The lowest BCUT2D eigenvalue weighted by molar-refractivity contribution is -0.122. The Balaban J connectivity index is 1.36. The van der Waals surface area contributed by atoms with Crippen LogP contribution in [0.25, 0.3) is 10.2 Å². The molecule has 1 amide bonds. The number of carbonyl (C=O) groups is 1. The zero-order valence-electron chi connectivity index (χ0n) is 13.2. The molecule has 25 heavy (non-hydrogen) atoms. The Labute approximate surface area is 146 Å². The third kappa shape index (κ3) is 3.20. The molecular weight excluding hydrogens is 342 g/mol. The number of para-hydroxylation sites is 2. The lowest BCUT2D eigenvalue weighted by Crippen LogP contribution is -2.42. The number of ether oxygens (including phenoxy) is 2. The molecule has 1 aliphatic heterocycles. The van der Waals surface area contributed by atoms with E-state index in [0.29, 0.717) is 34.9 Å². The van der Waals surface area contributed by atoms with Gasteiger partial charge in [0.15, 0.2) is 11.5 Å². The van der Waals surface area contributed by atoms with Crippen molar-refractivity contribution in [1.29, 1.82) is 0 Å². The number of nitrogens with zero attached hydrogens (tertiary/aromatic N) is 2. The second-order valence-corrected chi connectivity index (χ2v) is 6.53. The van der Waals surface area contributed by atoms with Crippen LogP contribution in [0.5, 0.6) is 11.5 Å². The molecule has 3 aromatic rings. The average Bonchev–Trinajstić information content (AvgIpc) is 3.12. The van der Waals surface area contributed by atoms with Gasteiger partial charge in [-0.25, -0.2) is 4.98 Å². The molecule has 0 saturated carbocycles. The predicted molar refractivity (Wildman–Crippen MR) is 93.2 cm³/mol. The Kier molecular flexibility index (Phi) is 4.10. The van der Waals surface area contributed by atoms with Gasteiger partial charge in [0.1, 0.15) is 24.0 Å². The maximum Gasteiger partial charge on any atom is 0.271 e. The van der Waals surface area contributed by atoms with Crippen molar-refractivity contribution in [1.82, 2.24) is 14.9 Å². The number of aromatic nitrogens is 2. The van der Waals surface area contributed by atoms with Crippen molar-refractivity contribution in [3.05, 3.63) is 52.4 Å². The average molecular weight is 357 g/mol. The fraction of sp³-hybridized carbons (Fsp3) is 0.235. The first-order valence-corrected chi connectivity index (χ1v) is 8.66. The molecule has 0 aliphatic carbocycles. The van der Waals surface area contributed by atoms with Gasteiger partial charge in [-0.2, -0.15) is 0 Å². The smallest absolute Gasteiger partial charge is 0.271 e. The standard InChI is InChI=1S/C17H15N3O4S/c21-15(8-20-10-19-12-5-6-25-16(12)17(20)22)18-7-11-9-23-13-3-1-2-4-14(13)24-11/h1-6,10-11H,7-9H2,(H,18,21). The molecule has 3 heterocycles. The largest absolute Gasteiger partial charge is 0.486 e. The summed E-state index contributed by atoms with van der Waals surface area (Å²) in [6.07, 6.45) is 1.13. The van der Waals surface area contributed by atoms with Gasteiger partial charge in [-0.05, 0) is 23.6 Å². The topological polar surface area (TPSA) is 82.5 Å². The Morgan fingerprint density at radius 3 is 3.04 bits per heavy atom. The number of nitrogens with one attached hydrogen (secondary N) is 1. The van der Waals surface area contributed by atoms with Crippen LogP contribution in [0.3, 0.4) is 0 Å². The quantitative estimate of drug-likeness (QED) is 0.763. The minimum atomic E-state index is -0.276. The molecule has 4 rings (SSSR count). The van der Waals surface area contributed by atoms with Gasteiger partial charge in [0.2, 0.25) is 5.91 Å². The Morgan fingerprint density at radius 2 is 2.16 bits per heavy atom. The number of carbonyl (C=O) groups excluding carboxylic acids is 1. The highest BCUT2D eigenvalue weighted by Crippen LogP contribution is 2.30. The van der Waals surface area contributed by atoms with Crippen LogP contribution in [0, 0.1) is 0 Å². The van der Waals surface area contributed by atoms with Crippen molar-refractivity contribution >= 4 is 27.5 Å². The maximum atomic E-state index is 12.3. The van der Waals surface area contributed by atoms with E-state index in [2.05, 4.69) is 10.3 Å². The second kappa shape index (κ2) is 6.56. The highest BCUT2D eigenvalue weighted by Gasteiger charge is 2.21. The summed E-state index contributed by atoms with van der Waals surface area (Å²) in [4.78, 5) is 28.6. The number of rotatable bonds is 4. The second-order valence-electron chi connectivity index (χ2n) is 5.61. The molecule has 7 nitrogen and oxygen atoms in total. The zero-order valence-corrected chi connectivity index (χ0v) is 14.0. The number of thiophene rings is 1. The van der Waals surface area contributed by atoms with E-state index in [1.807, 2.05) is 29.6 Å². The van der Waals surface area contributed by atoms with E-state index in [9.17, 15) is 9.59 Å². The first-order valence-electron chi connectivity index (χ1n) is 7.78. The highest BCUT2D eigenvalue weighted by molar-refractivity contribution is 7.17. The lowest BCUT2D eigenvalue weighted by Gasteiger charge is -2.26. The van der Waals surface area contributed by atoms with Gasteiger partial charge in [-0.1, -0.05) is 12.1 Å². The third-order valence-corrected chi connectivity index (χ3v) is 4.74. The van der Waals surface area contributed by atoms with Crippen molar-refractivity contribution in [3.63, 3.8) is 0 Å². The number of fused-ring (bicyclic) bond motifs is 2. The summed E-state index contributed by atoms with van der Waals surface area (Å²) in [6.45, 7) is 0.584. The number of hydrogen-bond donors (Lipinski definition) is 1. The van der Waals surface area contributed by atoms with Crippen molar-refractivity contribution in [3.8, 4) is 11.5 Å². The van der Waals surface area contributed by atoms with Crippen LogP contribution >= 0.6 is 11.3 Å². The maximum absolute atomic E-state index is 12.3. The van der Waals surface area contributed by atoms with E-state index >= 15 is 0 Å². The normalized spacial score (nSPS) is 15.9. The third-order valence-electron chi connectivity index (χ3n) is 3.84. The fourth-order valence-corrected chi connectivity index (χ4v) is 3.39. The van der Waals surface area contributed by atoms with Crippen LogP contribution < -0.4 is 20.3 Å². The van der Waals surface area contributed by atoms with Crippen molar-refractivity contribution in [2.24, 2.45) is 0 Å². The molecule has 0 saturated heterocycles. The summed E-state index contributed by atoms with van der Waals surface area (Å²) in [6, 6.07) is 9.18. The first kappa shape index (κ1) is 15.6. The SMILES string of the molecule is O=C(Cn1cnc2ccsc2c1=O)NCC1COc2ccccc2O1. The molecule has 0 bridgehead atoms. The van der Waals surface area contributed by atoms with Gasteiger partial charge in [0.25, 0.3) is 5.56 Å². The summed E-state index contributed by atoms with van der Waals surface area (Å²) < 4.78 is 13.2. The van der Waals surface area contributed by atoms with E-state index in [4.69, 9.17) is 9.47 Å². The van der Waals surface area contributed by atoms with Gasteiger partial charge >= 0.3 is 0 Å². The summed E-state index contributed by atoms with van der Waals surface area (Å²) in [5.41, 5.74) is 0.444. The van der Waals surface area contributed by atoms with Crippen LogP contribution in [0.1, 0.15) is 0 Å². The van der Waals surface area contributed by atoms with E-state index in [1.165, 1.54) is 22.2 Å². The van der Waals surface area contributed by atoms with Crippen LogP contribution in [0.2, 0.25) is 0 Å². The van der Waals surface area contributed by atoms with E-state index in [-0.39, 0.29) is 24.1 Å². The predicted octanol–water partition coefficient (Wildman–Crippen LogP) is 1.41. The Bertz CT molecular complexity index is 981. The molecule has 8 heteroatoms. The summed E-state index contributed by atoms with van der Waals surface area (Å²) in [7, 11) is 0. The Morgan fingerprint density at radius 1 is 1.32 bits per heavy atom. The van der Waals surface area contributed by atoms with Crippen molar-refractivity contribution in [2.45, 2.75) is 12.6 Å². The molecule has 1 aliphatic rings. The molecule has 0 spiro atoms. The van der Waals surface area contributed by atoms with Crippen LogP contribution in [-0.4, -0.2) is 34.7 Å². The first-order chi connectivity index (χ1) is 12.2. The summed E-state index contributed by atoms with van der Waals surface area (Å²) in [5, 5.41) is 4.58. The molecule has 1 unspecified atom stereocenters. The van der Waals surface area contributed by atoms with Gasteiger partial charge in [-0.3, -0.25) is 14.2 Å². The van der Waals surface area contributed by atoms with Gasteiger partial charge < -0.3 is 14.8 Å². The molecule has 0 fully saturated rings. The molecule has 2 aromatic heterocycles. The summed E-state index contributed by atoms with van der Waals surface area (Å²) >= 11 is 1.32. The van der Waals surface area contributed by atoms with Crippen molar-refractivity contribution < 1.29 is 14.3 Å². The highest BCUT2D eigenvalue weighted by atomic mass is 32.1. The van der Waals surface area contributed by atoms with E-state index in [1.54, 1.807) is 6.07 Å². The molecular formula is C17H15N3O4S. The van der Waals surface area contributed by atoms with Crippen LogP contribution in [0.15, 0.2) is 46.8 Å². The molecule has 1 atom stereocenters. The van der Waals surface area contributed by atoms with Gasteiger partial charge in [0, 0.05) is 0 Å². The lowest BCUT2D eigenvalue weighted by atomic mass is 10.2. The number of amides is 1. The van der Waals surface area contributed by atoms with Gasteiger partial charge in [0.05, 0.1) is 18.4 Å². The monoisotopic (exact) mass is 357 g/mol. The van der Waals surface area contributed by atoms with E-state index < -0.39 is 0 Å². The molecule has 1 N–H and O–H groups in total. The molecule has 0 radical (unpaired) electrons. The van der Waals surface area contributed by atoms with E-state index in [0.717, 1.165) is 0 Å². The number of benzene rings is 1. The number of hydrogen-bond acceptors (Lipinski definition) is 6. The zero-order chi connectivity index (χ0) is 17.2. The van der Waals surface area contributed by atoms with Crippen molar-refractivity contribution in [2.75, 3.05) is 13.2 Å².